The third-order valence-electron chi connectivity index (χ3n) is 3.67. The zero-order valence-electron chi connectivity index (χ0n) is 11.4. The van der Waals surface area contributed by atoms with Crippen LogP contribution < -0.4 is 5.32 Å². The van der Waals surface area contributed by atoms with E-state index in [0.29, 0.717) is 0 Å². The van der Waals surface area contributed by atoms with Crippen LogP contribution in [0.15, 0.2) is 0 Å². The minimum atomic E-state index is -4.33. The van der Waals surface area contributed by atoms with Crippen molar-refractivity contribution >= 4 is 5.97 Å². The number of likely N-dealkylation sites (N-methyl/N-ethyl adjacent to an activating group) is 1. The smallest absolute Gasteiger partial charge is 0.401 e. The number of carboxylic acid groups (broad SMARTS) is 1. The summed E-state index contributed by atoms with van der Waals surface area (Å²) >= 11 is 0. The number of alkyl halides is 3. The second-order valence-electron chi connectivity index (χ2n) is 5.41. The second-order valence-corrected chi connectivity index (χ2v) is 5.41. The fourth-order valence-electron chi connectivity index (χ4n) is 2.31. The van der Waals surface area contributed by atoms with Gasteiger partial charge in [-0.3, -0.25) is 9.69 Å². The molecule has 0 bridgehead atoms. The number of nitrogens with one attached hydrogen (secondary N) is 1. The van der Waals surface area contributed by atoms with Gasteiger partial charge in [0.1, 0.15) is 5.54 Å². The summed E-state index contributed by atoms with van der Waals surface area (Å²) in [5.41, 5.74) is -1.28. The van der Waals surface area contributed by atoms with Crippen molar-refractivity contribution in [1.82, 2.24) is 10.2 Å². The number of rotatable bonds is 7. The molecule has 0 saturated heterocycles. The predicted molar refractivity (Wildman–Crippen MR) is 64.9 cm³/mol. The highest BCUT2D eigenvalue weighted by Crippen LogP contribution is 2.40. The van der Waals surface area contributed by atoms with Gasteiger partial charge in [-0.05, 0) is 39.7 Å². The fourth-order valence-corrected chi connectivity index (χ4v) is 2.31. The van der Waals surface area contributed by atoms with Gasteiger partial charge in [0.25, 0.3) is 0 Å². The largest absolute Gasteiger partial charge is 0.480 e. The maximum absolute atomic E-state index is 12.6. The molecule has 0 aromatic carbocycles. The average molecular weight is 282 g/mol. The van der Waals surface area contributed by atoms with E-state index in [1.165, 1.54) is 11.9 Å². The van der Waals surface area contributed by atoms with Gasteiger partial charge < -0.3 is 10.4 Å². The summed E-state index contributed by atoms with van der Waals surface area (Å²) in [6.45, 7) is 2.05. The minimum Gasteiger partial charge on any atom is -0.480 e. The zero-order chi connectivity index (χ0) is 14.8. The Balaban J connectivity index is 2.88. The zero-order valence-corrected chi connectivity index (χ0v) is 11.4. The van der Waals surface area contributed by atoms with E-state index in [0.717, 1.165) is 12.8 Å². The van der Waals surface area contributed by atoms with E-state index in [4.69, 9.17) is 0 Å². The quantitative estimate of drug-likeness (QED) is 0.746. The van der Waals surface area contributed by atoms with Crippen LogP contribution in [-0.2, 0) is 4.79 Å². The maximum atomic E-state index is 12.6. The molecule has 0 spiro atoms. The lowest BCUT2D eigenvalue weighted by Gasteiger charge is -2.37. The average Bonchev–Trinajstić information content (AvgIpc) is 3.05. The highest BCUT2D eigenvalue weighted by atomic mass is 19.4. The van der Waals surface area contributed by atoms with Crippen LogP contribution in [0.3, 0.4) is 0 Å². The molecule has 0 aliphatic heterocycles. The van der Waals surface area contributed by atoms with E-state index in [2.05, 4.69) is 5.32 Å². The Kier molecular flexibility index (Phi) is 4.84. The van der Waals surface area contributed by atoms with Gasteiger partial charge in [-0.1, -0.05) is 0 Å². The first-order valence-corrected chi connectivity index (χ1v) is 6.35. The number of nitrogens with zero attached hydrogens (tertiary/aromatic N) is 1. The topological polar surface area (TPSA) is 52.6 Å². The highest BCUT2D eigenvalue weighted by molar-refractivity contribution is 5.80. The summed E-state index contributed by atoms with van der Waals surface area (Å²) < 4.78 is 37.7. The molecule has 19 heavy (non-hydrogen) atoms. The van der Waals surface area contributed by atoms with Crippen molar-refractivity contribution in [3.05, 3.63) is 0 Å². The lowest BCUT2D eigenvalue weighted by Crippen LogP contribution is -2.61. The summed E-state index contributed by atoms with van der Waals surface area (Å²) in [5.74, 6) is -1.17. The van der Waals surface area contributed by atoms with Crippen molar-refractivity contribution < 1.29 is 23.1 Å². The molecule has 0 heterocycles. The molecule has 1 rings (SSSR count). The van der Waals surface area contributed by atoms with E-state index in [-0.39, 0.29) is 18.5 Å². The van der Waals surface area contributed by atoms with Crippen LogP contribution in [0.5, 0.6) is 0 Å². The predicted octanol–water partition coefficient (Wildman–Crippen LogP) is 1.71. The molecule has 0 radical (unpaired) electrons. The molecule has 2 N–H and O–H groups in total. The van der Waals surface area contributed by atoms with Crippen LogP contribution in [0.25, 0.3) is 0 Å². The van der Waals surface area contributed by atoms with Crippen LogP contribution in [0, 0.1) is 5.92 Å². The van der Waals surface area contributed by atoms with Crippen LogP contribution in [-0.4, -0.2) is 53.9 Å². The summed E-state index contributed by atoms with van der Waals surface area (Å²) in [7, 11) is 1.50. The van der Waals surface area contributed by atoms with Gasteiger partial charge in [0.15, 0.2) is 0 Å². The lowest BCUT2D eigenvalue weighted by molar-refractivity contribution is -0.160. The van der Waals surface area contributed by atoms with E-state index in [1.807, 2.05) is 0 Å². The van der Waals surface area contributed by atoms with Crippen molar-refractivity contribution in [2.75, 3.05) is 20.1 Å². The molecule has 1 fully saturated rings. The second kappa shape index (κ2) is 5.66. The minimum absolute atomic E-state index is 0.0931. The van der Waals surface area contributed by atoms with E-state index in [9.17, 15) is 23.1 Å². The molecule has 1 saturated carbocycles. The van der Waals surface area contributed by atoms with Gasteiger partial charge in [0.2, 0.25) is 0 Å². The number of aliphatic carboxylic acids is 1. The monoisotopic (exact) mass is 282 g/mol. The van der Waals surface area contributed by atoms with Crippen molar-refractivity contribution in [3.8, 4) is 0 Å². The van der Waals surface area contributed by atoms with Crippen molar-refractivity contribution in [1.29, 1.82) is 0 Å². The summed E-state index contributed by atoms with van der Waals surface area (Å²) in [5, 5.41) is 12.1. The normalized spacial score (nSPS) is 19.8. The molecule has 7 heteroatoms. The Hall–Kier alpha value is -0.820. The Labute approximate surface area is 111 Å². The van der Waals surface area contributed by atoms with Crippen LogP contribution in [0.1, 0.15) is 26.7 Å². The number of halogens is 3. The molecule has 1 atom stereocenters. The van der Waals surface area contributed by atoms with Crippen molar-refractivity contribution in [3.63, 3.8) is 0 Å². The maximum Gasteiger partial charge on any atom is 0.401 e. The van der Waals surface area contributed by atoms with Gasteiger partial charge in [-0.2, -0.15) is 13.2 Å². The number of carbonyl (C=O) groups is 1. The first kappa shape index (κ1) is 16.2. The fraction of sp³-hybridized carbons (Fsp3) is 0.917. The van der Waals surface area contributed by atoms with E-state index >= 15 is 0 Å². The highest BCUT2D eigenvalue weighted by Gasteiger charge is 2.52. The third-order valence-corrected chi connectivity index (χ3v) is 3.67. The molecule has 4 nitrogen and oxygen atoms in total. The van der Waals surface area contributed by atoms with Gasteiger partial charge >= 0.3 is 12.1 Å². The van der Waals surface area contributed by atoms with Crippen LogP contribution >= 0.6 is 0 Å². The molecule has 0 aromatic heterocycles. The molecule has 1 aliphatic carbocycles. The Bertz CT molecular complexity index is 329. The molecular weight excluding hydrogens is 261 g/mol. The van der Waals surface area contributed by atoms with E-state index in [1.54, 1.807) is 13.8 Å². The Morgan fingerprint density at radius 1 is 1.37 bits per heavy atom. The van der Waals surface area contributed by atoms with Crippen LogP contribution in [0.4, 0.5) is 13.2 Å². The number of carboxylic acids is 1. The van der Waals surface area contributed by atoms with Gasteiger partial charge in [0, 0.05) is 12.6 Å². The molecule has 112 valence electrons. The lowest BCUT2D eigenvalue weighted by atomic mass is 9.92. The molecule has 0 aromatic rings. The molecule has 1 unspecified atom stereocenters. The summed E-state index contributed by atoms with van der Waals surface area (Å²) in [6.07, 6.45) is -2.85. The van der Waals surface area contributed by atoms with E-state index < -0.39 is 24.2 Å². The SMILES string of the molecule is CNC(CN(CC(F)(F)F)C(C)C)(C(=O)O)C1CC1. The van der Waals surface area contributed by atoms with Gasteiger partial charge in [-0.15, -0.1) is 0 Å². The summed E-state index contributed by atoms with van der Waals surface area (Å²) in [4.78, 5) is 12.7. The Morgan fingerprint density at radius 3 is 2.16 bits per heavy atom. The summed E-state index contributed by atoms with van der Waals surface area (Å²) in [6, 6.07) is -0.368. The molecule has 0 amide bonds. The van der Waals surface area contributed by atoms with Crippen molar-refractivity contribution in [2.45, 2.75) is 44.4 Å². The molecular formula is C12H21F3N2O2. The number of hydrogen-bond acceptors (Lipinski definition) is 3. The van der Waals surface area contributed by atoms with Crippen LogP contribution in [0.2, 0.25) is 0 Å². The van der Waals surface area contributed by atoms with Gasteiger partial charge in [-0.25, -0.2) is 0 Å². The first-order chi connectivity index (χ1) is 8.62. The first-order valence-electron chi connectivity index (χ1n) is 6.35. The third kappa shape index (κ3) is 4.07. The van der Waals surface area contributed by atoms with Gasteiger partial charge in [0.05, 0.1) is 6.54 Å². The number of hydrogen-bond donors (Lipinski definition) is 2. The Morgan fingerprint density at radius 2 is 1.89 bits per heavy atom. The standard InChI is InChI=1S/C12H21F3N2O2/c1-8(2)17(7-12(13,14)15)6-11(16-3,10(18)19)9-4-5-9/h8-9,16H,4-7H2,1-3H3,(H,18,19). The van der Waals surface area contributed by atoms with Crippen molar-refractivity contribution in [2.24, 2.45) is 5.92 Å². The molecule has 1 aliphatic rings.